The lowest BCUT2D eigenvalue weighted by molar-refractivity contribution is 0.205. The van der Waals surface area contributed by atoms with Gasteiger partial charge < -0.3 is 10.4 Å². The van der Waals surface area contributed by atoms with Crippen molar-refractivity contribution >= 4 is 23.2 Å². The van der Waals surface area contributed by atoms with Crippen LogP contribution in [0.5, 0.6) is 0 Å². The molecule has 0 radical (unpaired) electrons. The molecule has 4 rings (SSSR count). The monoisotopic (exact) mass is 309 g/mol. The molecule has 2 aromatic carbocycles. The van der Waals surface area contributed by atoms with E-state index in [2.05, 4.69) is 17.6 Å². The first-order valence-corrected chi connectivity index (χ1v) is 7.82. The van der Waals surface area contributed by atoms with E-state index in [1.54, 1.807) is 12.1 Å². The maximum atomic E-state index is 11.8. The van der Waals surface area contributed by atoms with Crippen LogP contribution in [0, 0.1) is 0 Å². The number of carboxylic acid groups (broad SMARTS) is 1. The molecule has 0 saturated carbocycles. The molecule has 1 unspecified atom stereocenters. The van der Waals surface area contributed by atoms with Gasteiger partial charge in [-0.3, -0.25) is 5.32 Å². The number of nitrogens with one attached hydrogen (secondary N) is 2. The number of anilines is 3. The second-order valence-corrected chi connectivity index (χ2v) is 6.38. The number of fused-ring (bicyclic) bond motifs is 3. The summed E-state index contributed by atoms with van der Waals surface area (Å²) in [6, 6.07) is 15.0. The number of nitrogens with zero attached hydrogens (tertiary/aromatic N) is 1. The smallest absolute Gasteiger partial charge is 0.416 e. The van der Waals surface area contributed by atoms with Crippen molar-refractivity contribution < 1.29 is 9.90 Å². The van der Waals surface area contributed by atoms with Gasteiger partial charge in [0.05, 0.1) is 17.5 Å². The highest BCUT2D eigenvalue weighted by Crippen LogP contribution is 2.46. The van der Waals surface area contributed by atoms with Gasteiger partial charge in [0.15, 0.2) is 0 Å². The predicted octanol–water partition coefficient (Wildman–Crippen LogP) is 3.51. The number of benzene rings is 2. The summed E-state index contributed by atoms with van der Waals surface area (Å²) in [5.74, 6) is 0. The molecule has 1 saturated heterocycles. The van der Waals surface area contributed by atoms with Gasteiger partial charge >= 0.3 is 6.09 Å². The van der Waals surface area contributed by atoms with Crippen molar-refractivity contribution in [3.05, 3.63) is 54.1 Å². The van der Waals surface area contributed by atoms with Crippen LogP contribution in [0.4, 0.5) is 21.9 Å². The Kier molecular flexibility index (Phi) is 3.06. The van der Waals surface area contributed by atoms with E-state index in [1.165, 1.54) is 10.5 Å². The fourth-order valence-electron chi connectivity index (χ4n) is 3.72. The third kappa shape index (κ3) is 2.08. The molecule has 5 heteroatoms. The first-order chi connectivity index (χ1) is 11.1. The number of hydrogen-bond donors (Lipinski definition) is 3. The first kappa shape index (κ1) is 14.1. The van der Waals surface area contributed by atoms with Crippen molar-refractivity contribution in [2.75, 3.05) is 16.8 Å². The number of hydrogen-bond acceptors (Lipinski definition) is 3. The predicted molar refractivity (Wildman–Crippen MR) is 90.4 cm³/mol. The second kappa shape index (κ2) is 4.99. The molecule has 2 atom stereocenters. The van der Waals surface area contributed by atoms with Crippen molar-refractivity contribution in [2.24, 2.45) is 0 Å². The molecule has 1 amide bonds. The van der Waals surface area contributed by atoms with Gasteiger partial charge in [-0.1, -0.05) is 25.1 Å². The van der Waals surface area contributed by atoms with Crippen LogP contribution in [0.2, 0.25) is 0 Å². The summed E-state index contributed by atoms with van der Waals surface area (Å²) in [5, 5.41) is 16.6. The lowest BCUT2D eigenvalue weighted by atomic mass is 9.81. The Morgan fingerprint density at radius 1 is 1.22 bits per heavy atom. The van der Waals surface area contributed by atoms with Gasteiger partial charge in [-0.2, -0.15) is 0 Å². The van der Waals surface area contributed by atoms with Crippen LogP contribution in [0.25, 0.3) is 0 Å². The maximum Gasteiger partial charge on any atom is 0.416 e. The van der Waals surface area contributed by atoms with Crippen molar-refractivity contribution in [1.29, 1.82) is 0 Å². The fourth-order valence-corrected chi connectivity index (χ4v) is 3.72. The maximum absolute atomic E-state index is 11.8. The highest BCUT2D eigenvalue weighted by atomic mass is 16.4. The molecule has 0 aromatic heterocycles. The van der Waals surface area contributed by atoms with Gasteiger partial charge in [0.25, 0.3) is 0 Å². The molecule has 0 aliphatic carbocycles. The number of carbonyl (C=O) groups is 1. The van der Waals surface area contributed by atoms with Gasteiger partial charge in [0, 0.05) is 11.1 Å². The Labute approximate surface area is 134 Å². The van der Waals surface area contributed by atoms with E-state index < -0.39 is 6.09 Å². The molecule has 2 aliphatic rings. The summed E-state index contributed by atoms with van der Waals surface area (Å²) in [7, 11) is 0. The van der Waals surface area contributed by atoms with Crippen molar-refractivity contribution in [1.82, 2.24) is 5.32 Å². The van der Waals surface area contributed by atoms with Crippen LogP contribution in [-0.4, -0.2) is 23.9 Å². The van der Waals surface area contributed by atoms with Crippen molar-refractivity contribution in [3.8, 4) is 0 Å². The van der Waals surface area contributed by atoms with E-state index in [9.17, 15) is 9.90 Å². The highest BCUT2D eigenvalue weighted by Gasteiger charge is 2.46. The normalized spacial score (nSPS) is 24.7. The largest absolute Gasteiger partial charge is 0.464 e. The SMILES string of the molecule is C[C@]12CCNC1Nc1ccc(N(C(=O)O)c3ccccc3)cc12. The zero-order valence-corrected chi connectivity index (χ0v) is 12.9. The van der Waals surface area contributed by atoms with Crippen LogP contribution in [-0.2, 0) is 5.41 Å². The Hall–Kier alpha value is -2.53. The van der Waals surface area contributed by atoms with E-state index in [0.717, 1.165) is 18.7 Å². The summed E-state index contributed by atoms with van der Waals surface area (Å²) < 4.78 is 0. The van der Waals surface area contributed by atoms with Gasteiger partial charge in [0.2, 0.25) is 0 Å². The van der Waals surface area contributed by atoms with E-state index in [-0.39, 0.29) is 11.6 Å². The minimum atomic E-state index is -0.978. The second-order valence-electron chi connectivity index (χ2n) is 6.38. The Balaban J connectivity index is 1.80. The Bertz CT molecular complexity index is 762. The fraction of sp³-hybridized carbons (Fsp3) is 0.278. The number of rotatable bonds is 2. The van der Waals surface area contributed by atoms with Gasteiger partial charge in [-0.15, -0.1) is 0 Å². The lowest BCUT2D eigenvalue weighted by Gasteiger charge is -2.25. The summed E-state index contributed by atoms with van der Waals surface area (Å²) in [6.07, 6.45) is 0.288. The Morgan fingerprint density at radius 3 is 2.74 bits per heavy atom. The summed E-state index contributed by atoms with van der Waals surface area (Å²) in [4.78, 5) is 13.1. The molecule has 0 spiro atoms. The van der Waals surface area contributed by atoms with Crippen LogP contribution in [0.1, 0.15) is 18.9 Å². The number of para-hydroxylation sites is 1. The lowest BCUT2D eigenvalue weighted by Crippen LogP contribution is -2.38. The average molecular weight is 309 g/mol. The van der Waals surface area contributed by atoms with E-state index in [1.807, 2.05) is 36.4 Å². The third-order valence-electron chi connectivity index (χ3n) is 5.01. The van der Waals surface area contributed by atoms with Gasteiger partial charge in [-0.05, 0) is 48.9 Å². The van der Waals surface area contributed by atoms with Crippen molar-refractivity contribution in [3.63, 3.8) is 0 Å². The van der Waals surface area contributed by atoms with Gasteiger partial charge in [0.1, 0.15) is 0 Å². The first-order valence-electron chi connectivity index (χ1n) is 7.82. The average Bonchev–Trinajstić information content (AvgIpc) is 3.03. The van der Waals surface area contributed by atoms with E-state index >= 15 is 0 Å². The standard InChI is InChI=1S/C18H19N3O2/c1-18-9-10-19-16(18)20-15-8-7-13(11-14(15)18)21(17(22)23)12-5-3-2-4-6-12/h2-8,11,16,19-20H,9-10H2,1H3,(H,22,23)/t16?,18-/m1/s1. The molecule has 3 N–H and O–H groups in total. The van der Waals surface area contributed by atoms with E-state index in [0.29, 0.717) is 11.4 Å². The molecular weight excluding hydrogens is 290 g/mol. The molecule has 23 heavy (non-hydrogen) atoms. The summed E-state index contributed by atoms with van der Waals surface area (Å²) in [5.41, 5.74) is 3.61. The molecule has 2 aliphatic heterocycles. The molecule has 5 nitrogen and oxygen atoms in total. The molecule has 2 aromatic rings. The number of amides is 1. The molecule has 2 heterocycles. The summed E-state index contributed by atoms with van der Waals surface area (Å²) >= 11 is 0. The molecular formula is C18H19N3O2. The Morgan fingerprint density at radius 2 is 2.00 bits per heavy atom. The minimum absolute atomic E-state index is 0.00616. The summed E-state index contributed by atoms with van der Waals surface area (Å²) in [6.45, 7) is 3.20. The highest BCUT2D eigenvalue weighted by molar-refractivity contribution is 5.95. The van der Waals surface area contributed by atoms with Crippen LogP contribution in [0.3, 0.4) is 0 Å². The minimum Gasteiger partial charge on any atom is -0.464 e. The van der Waals surface area contributed by atoms with Crippen LogP contribution in [0.15, 0.2) is 48.5 Å². The third-order valence-corrected chi connectivity index (χ3v) is 5.01. The molecule has 1 fully saturated rings. The molecule has 118 valence electrons. The van der Waals surface area contributed by atoms with Crippen molar-refractivity contribution in [2.45, 2.75) is 24.9 Å². The van der Waals surface area contributed by atoms with E-state index in [4.69, 9.17) is 0 Å². The zero-order chi connectivity index (χ0) is 16.0. The topological polar surface area (TPSA) is 64.6 Å². The van der Waals surface area contributed by atoms with Gasteiger partial charge in [-0.25, -0.2) is 9.69 Å². The quantitative estimate of drug-likeness (QED) is 0.794. The van der Waals surface area contributed by atoms with Crippen LogP contribution < -0.4 is 15.5 Å². The zero-order valence-electron chi connectivity index (χ0n) is 12.9. The molecule has 0 bridgehead atoms. The van der Waals surface area contributed by atoms with Crippen LogP contribution >= 0.6 is 0 Å².